The Hall–Kier alpha value is -0.590. The Morgan fingerprint density at radius 3 is 2.88 bits per heavy atom. The van der Waals surface area contributed by atoms with Crippen LogP contribution < -0.4 is 5.32 Å². The van der Waals surface area contributed by atoms with Gasteiger partial charge in [0.1, 0.15) is 5.54 Å². The van der Waals surface area contributed by atoms with E-state index in [1.807, 2.05) is 0 Å². The molecule has 0 spiro atoms. The molecule has 0 bridgehead atoms. The van der Waals surface area contributed by atoms with Crippen molar-refractivity contribution in [2.75, 3.05) is 19.8 Å². The Labute approximate surface area is 106 Å². The fourth-order valence-electron chi connectivity index (χ4n) is 2.75. The molecule has 17 heavy (non-hydrogen) atoms. The maximum absolute atomic E-state index is 9.41. The Morgan fingerprint density at radius 2 is 2.29 bits per heavy atom. The third-order valence-electron chi connectivity index (χ3n) is 3.57. The van der Waals surface area contributed by atoms with Gasteiger partial charge in [-0.25, -0.2) is 0 Å². The van der Waals surface area contributed by atoms with E-state index in [1.165, 1.54) is 0 Å². The lowest BCUT2D eigenvalue weighted by Crippen LogP contribution is -2.47. The van der Waals surface area contributed by atoms with E-state index in [9.17, 15) is 5.26 Å². The second-order valence-corrected chi connectivity index (χ2v) is 5.46. The molecule has 0 aromatic heterocycles. The average molecular weight is 238 g/mol. The summed E-state index contributed by atoms with van der Waals surface area (Å²) in [5.74, 6) is 1.05. The van der Waals surface area contributed by atoms with E-state index >= 15 is 0 Å². The van der Waals surface area contributed by atoms with Crippen LogP contribution in [0.2, 0.25) is 0 Å². The number of ether oxygens (including phenoxy) is 1. The maximum Gasteiger partial charge on any atom is 0.109 e. The molecule has 0 heterocycles. The van der Waals surface area contributed by atoms with Gasteiger partial charge < -0.3 is 4.74 Å². The van der Waals surface area contributed by atoms with E-state index in [-0.39, 0.29) is 5.54 Å². The van der Waals surface area contributed by atoms with E-state index in [4.69, 9.17) is 4.74 Å². The van der Waals surface area contributed by atoms with Gasteiger partial charge in [-0.15, -0.1) is 0 Å². The highest BCUT2D eigenvalue weighted by molar-refractivity contribution is 5.13. The average Bonchev–Trinajstić information content (AvgIpc) is 2.68. The molecule has 98 valence electrons. The van der Waals surface area contributed by atoms with Crippen molar-refractivity contribution < 1.29 is 4.74 Å². The molecule has 1 fully saturated rings. The lowest BCUT2D eigenvalue weighted by Gasteiger charge is -2.29. The van der Waals surface area contributed by atoms with Gasteiger partial charge in [0.25, 0.3) is 0 Å². The van der Waals surface area contributed by atoms with Crippen LogP contribution in [0.5, 0.6) is 0 Å². The minimum atomic E-state index is -0.282. The Kier molecular flexibility index (Phi) is 5.94. The molecule has 3 nitrogen and oxygen atoms in total. The minimum absolute atomic E-state index is 0.282. The number of nitrogens with one attached hydrogen (secondary N) is 1. The second kappa shape index (κ2) is 6.98. The van der Waals surface area contributed by atoms with Crippen LogP contribution in [0.3, 0.4) is 0 Å². The van der Waals surface area contributed by atoms with Crippen molar-refractivity contribution in [1.29, 1.82) is 5.26 Å². The van der Waals surface area contributed by atoms with Crippen molar-refractivity contribution >= 4 is 0 Å². The smallest absolute Gasteiger partial charge is 0.109 e. The SMILES string of the molecule is CCNC1(C#N)CCCC1CCOCC(C)C. The molecule has 2 atom stereocenters. The summed E-state index contributed by atoms with van der Waals surface area (Å²) in [5, 5.41) is 12.8. The molecule has 0 radical (unpaired) electrons. The summed E-state index contributed by atoms with van der Waals surface area (Å²) < 4.78 is 5.64. The zero-order valence-electron chi connectivity index (χ0n) is 11.5. The molecular formula is C14H26N2O. The van der Waals surface area contributed by atoms with Gasteiger partial charge in [0.05, 0.1) is 6.07 Å². The van der Waals surface area contributed by atoms with Crippen LogP contribution in [0.4, 0.5) is 0 Å². The quantitative estimate of drug-likeness (QED) is 0.694. The minimum Gasteiger partial charge on any atom is -0.381 e. The van der Waals surface area contributed by atoms with Crippen LogP contribution in [0, 0.1) is 23.2 Å². The number of nitriles is 1. The molecule has 1 saturated carbocycles. The van der Waals surface area contributed by atoms with Crippen LogP contribution in [-0.2, 0) is 4.74 Å². The Balaban J connectivity index is 2.38. The highest BCUT2D eigenvalue weighted by Gasteiger charge is 2.42. The molecule has 1 aliphatic rings. The number of rotatable bonds is 7. The van der Waals surface area contributed by atoms with Gasteiger partial charge in [-0.1, -0.05) is 27.2 Å². The van der Waals surface area contributed by atoms with E-state index in [0.29, 0.717) is 11.8 Å². The fourth-order valence-corrected chi connectivity index (χ4v) is 2.75. The molecule has 1 rings (SSSR count). The van der Waals surface area contributed by atoms with Gasteiger partial charge >= 0.3 is 0 Å². The normalized spacial score (nSPS) is 28.5. The van der Waals surface area contributed by atoms with Gasteiger partial charge in [-0.05, 0) is 37.6 Å². The third-order valence-corrected chi connectivity index (χ3v) is 3.57. The maximum atomic E-state index is 9.41. The van der Waals surface area contributed by atoms with Gasteiger partial charge in [-0.2, -0.15) is 5.26 Å². The molecule has 3 heteroatoms. The standard InChI is InChI=1S/C14H26N2O/c1-4-16-14(11-15)8-5-6-13(14)7-9-17-10-12(2)3/h12-13,16H,4-10H2,1-3H3. The summed E-state index contributed by atoms with van der Waals surface area (Å²) >= 11 is 0. The number of nitrogens with zero attached hydrogens (tertiary/aromatic N) is 1. The zero-order chi connectivity index (χ0) is 12.7. The van der Waals surface area contributed by atoms with Crippen LogP contribution in [0.15, 0.2) is 0 Å². The summed E-state index contributed by atoms with van der Waals surface area (Å²) in [5.41, 5.74) is -0.282. The first kappa shape index (κ1) is 14.5. The van der Waals surface area contributed by atoms with Gasteiger partial charge in [0.2, 0.25) is 0 Å². The zero-order valence-corrected chi connectivity index (χ0v) is 11.5. The molecule has 2 unspecified atom stereocenters. The highest BCUT2D eigenvalue weighted by Crippen LogP contribution is 2.37. The Bertz CT molecular complexity index is 259. The molecule has 0 amide bonds. The van der Waals surface area contributed by atoms with Gasteiger partial charge in [0.15, 0.2) is 0 Å². The summed E-state index contributed by atoms with van der Waals surface area (Å²) in [4.78, 5) is 0. The third kappa shape index (κ3) is 3.97. The van der Waals surface area contributed by atoms with Crippen molar-refractivity contribution in [3.05, 3.63) is 0 Å². The molecule has 0 aromatic rings. The molecule has 1 aliphatic carbocycles. The van der Waals surface area contributed by atoms with Crippen LogP contribution in [0.25, 0.3) is 0 Å². The summed E-state index contributed by atoms with van der Waals surface area (Å²) in [7, 11) is 0. The molecule has 0 saturated heterocycles. The summed E-state index contributed by atoms with van der Waals surface area (Å²) in [6, 6.07) is 2.51. The number of hydrogen-bond donors (Lipinski definition) is 1. The lowest BCUT2D eigenvalue weighted by atomic mass is 9.86. The van der Waals surface area contributed by atoms with E-state index in [2.05, 4.69) is 32.2 Å². The topological polar surface area (TPSA) is 45.0 Å². The van der Waals surface area contributed by atoms with Gasteiger partial charge in [-0.3, -0.25) is 5.32 Å². The monoisotopic (exact) mass is 238 g/mol. The molecular weight excluding hydrogens is 212 g/mol. The molecule has 0 aromatic carbocycles. The van der Waals surface area contributed by atoms with Crippen molar-refractivity contribution in [3.8, 4) is 6.07 Å². The van der Waals surface area contributed by atoms with Crippen molar-refractivity contribution in [2.45, 2.75) is 52.0 Å². The predicted molar refractivity (Wildman–Crippen MR) is 69.6 cm³/mol. The Morgan fingerprint density at radius 1 is 1.53 bits per heavy atom. The van der Waals surface area contributed by atoms with Crippen LogP contribution in [0.1, 0.15) is 46.5 Å². The first-order valence-corrected chi connectivity index (χ1v) is 6.88. The molecule has 0 aliphatic heterocycles. The largest absolute Gasteiger partial charge is 0.381 e. The fraction of sp³-hybridized carbons (Fsp3) is 0.929. The summed E-state index contributed by atoms with van der Waals surface area (Å²) in [6.45, 7) is 8.88. The van der Waals surface area contributed by atoms with Crippen molar-refractivity contribution in [1.82, 2.24) is 5.32 Å². The van der Waals surface area contributed by atoms with E-state index < -0.39 is 0 Å². The van der Waals surface area contributed by atoms with Crippen molar-refractivity contribution in [2.24, 2.45) is 11.8 Å². The molecule has 1 N–H and O–H groups in total. The lowest BCUT2D eigenvalue weighted by molar-refractivity contribution is 0.0914. The highest BCUT2D eigenvalue weighted by atomic mass is 16.5. The van der Waals surface area contributed by atoms with Crippen LogP contribution >= 0.6 is 0 Å². The van der Waals surface area contributed by atoms with Crippen molar-refractivity contribution in [3.63, 3.8) is 0 Å². The van der Waals surface area contributed by atoms with E-state index in [1.54, 1.807) is 0 Å². The van der Waals surface area contributed by atoms with Crippen LogP contribution in [-0.4, -0.2) is 25.3 Å². The number of hydrogen-bond acceptors (Lipinski definition) is 3. The summed E-state index contributed by atoms with van der Waals surface area (Å²) in [6.07, 6.45) is 4.32. The van der Waals surface area contributed by atoms with Gasteiger partial charge in [0, 0.05) is 13.2 Å². The second-order valence-electron chi connectivity index (χ2n) is 5.46. The first-order valence-electron chi connectivity index (χ1n) is 6.88. The predicted octanol–water partition coefficient (Wildman–Crippen LogP) is 2.72. The first-order chi connectivity index (χ1) is 8.14. The van der Waals surface area contributed by atoms with E-state index in [0.717, 1.165) is 45.4 Å².